The van der Waals surface area contributed by atoms with Crippen LogP contribution in [0.15, 0.2) is 43.0 Å². The summed E-state index contributed by atoms with van der Waals surface area (Å²) in [4.78, 5) is 18.0. The number of imidazole rings is 1. The van der Waals surface area contributed by atoms with Crippen LogP contribution in [0.2, 0.25) is 0 Å². The number of carbonyl (C=O) groups is 1. The molecule has 1 aromatic heterocycles. The minimum Gasteiger partial charge on any atom is -0.492 e. The minimum atomic E-state index is -0.661. The molecule has 1 aromatic carbocycles. The number of carboxylic acid groups (broad SMARTS) is 1. The number of nitrogens with zero attached hydrogens (tertiary/aromatic N) is 3. The van der Waals surface area contributed by atoms with E-state index in [0.29, 0.717) is 19.6 Å². The lowest BCUT2D eigenvalue weighted by Gasteiger charge is -2.39. The Kier molecular flexibility index (Phi) is 5.93. The number of aliphatic carboxylic acids is 1. The average Bonchev–Trinajstić information content (AvgIpc) is 3.16. The number of likely N-dealkylation sites (tertiary alicyclic amines) is 1. The molecule has 0 radical (unpaired) electrons. The highest BCUT2D eigenvalue weighted by Gasteiger charge is 2.40. The summed E-state index contributed by atoms with van der Waals surface area (Å²) in [5.41, 5.74) is 0.596. The van der Waals surface area contributed by atoms with Crippen LogP contribution in [0.3, 0.4) is 0 Å². The van der Waals surface area contributed by atoms with Crippen molar-refractivity contribution in [3.8, 4) is 5.75 Å². The number of carboxylic acids is 1. The van der Waals surface area contributed by atoms with Gasteiger partial charge in [-0.15, -0.1) is 0 Å². The predicted molar refractivity (Wildman–Crippen MR) is 99.0 cm³/mol. The molecule has 6 heteroatoms. The van der Waals surface area contributed by atoms with Crippen molar-refractivity contribution in [2.24, 2.45) is 5.41 Å². The Balaban J connectivity index is 1.51. The van der Waals surface area contributed by atoms with Gasteiger partial charge in [0.25, 0.3) is 0 Å². The largest absolute Gasteiger partial charge is 0.492 e. The molecule has 0 spiro atoms. The van der Waals surface area contributed by atoms with Gasteiger partial charge in [-0.25, -0.2) is 4.98 Å². The first kappa shape index (κ1) is 18.5. The monoisotopic (exact) mass is 357 g/mol. The van der Waals surface area contributed by atoms with E-state index >= 15 is 0 Å². The first-order chi connectivity index (χ1) is 12.6. The van der Waals surface area contributed by atoms with E-state index < -0.39 is 11.4 Å². The van der Waals surface area contributed by atoms with E-state index in [1.165, 1.54) is 5.56 Å². The van der Waals surface area contributed by atoms with Gasteiger partial charge in [-0.3, -0.25) is 9.69 Å². The predicted octanol–water partition coefficient (Wildman–Crippen LogP) is 3.04. The Hall–Kier alpha value is -2.34. The summed E-state index contributed by atoms with van der Waals surface area (Å²) in [7, 11) is 0. The second-order valence-electron chi connectivity index (χ2n) is 7.05. The molecule has 6 nitrogen and oxygen atoms in total. The van der Waals surface area contributed by atoms with Gasteiger partial charge in [0.15, 0.2) is 0 Å². The molecule has 0 aliphatic carbocycles. The molecule has 26 heavy (non-hydrogen) atoms. The molecular weight excluding hydrogens is 330 g/mol. The summed E-state index contributed by atoms with van der Waals surface area (Å²) in [6.07, 6.45) is 7.85. The fourth-order valence-corrected chi connectivity index (χ4v) is 3.61. The van der Waals surface area contributed by atoms with Gasteiger partial charge >= 0.3 is 5.97 Å². The molecule has 0 bridgehead atoms. The maximum atomic E-state index is 11.7. The van der Waals surface area contributed by atoms with E-state index in [2.05, 4.69) is 22.0 Å². The third kappa shape index (κ3) is 4.43. The van der Waals surface area contributed by atoms with Crippen molar-refractivity contribution >= 4 is 5.97 Å². The van der Waals surface area contributed by atoms with Gasteiger partial charge in [0.05, 0.1) is 18.3 Å². The zero-order valence-corrected chi connectivity index (χ0v) is 15.3. The minimum absolute atomic E-state index is 0.589. The van der Waals surface area contributed by atoms with Crippen LogP contribution in [-0.4, -0.2) is 45.2 Å². The Bertz CT molecular complexity index is 700. The lowest BCUT2D eigenvalue weighted by Crippen LogP contribution is -2.47. The fourth-order valence-electron chi connectivity index (χ4n) is 3.61. The number of aromatic nitrogens is 2. The molecule has 1 atom stereocenters. The third-order valence-corrected chi connectivity index (χ3v) is 5.29. The molecule has 0 saturated carbocycles. The van der Waals surface area contributed by atoms with Gasteiger partial charge in [-0.05, 0) is 43.5 Å². The Labute approximate surface area is 154 Å². The van der Waals surface area contributed by atoms with Crippen LogP contribution in [0.4, 0.5) is 0 Å². The summed E-state index contributed by atoms with van der Waals surface area (Å²) in [6.45, 7) is 5.71. The smallest absolute Gasteiger partial charge is 0.310 e. The van der Waals surface area contributed by atoms with Crippen molar-refractivity contribution in [1.82, 2.24) is 14.5 Å². The van der Waals surface area contributed by atoms with Crippen LogP contribution in [0.5, 0.6) is 5.75 Å². The van der Waals surface area contributed by atoms with Gasteiger partial charge in [0, 0.05) is 25.5 Å². The molecule has 140 valence electrons. The van der Waals surface area contributed by atoms with Crippen molar-refractivity contribution in [2.75, 3.05) is 19.7 Å². The van der Waals surface area contributed by atoms with Crippen molar-refractivity contribution in [1.29, 1.82) is 0 Å². The second-order valence-corrected chi connectivity index (χ2v) is 7.05. The lowest BCUT2D eigenvalue weighted by molar-refractivity contribution is -0.153. The Morgan fingerprint density at radius 3 is 2.81 bits per heavy atom. The molecule has 1 aliphatic rings. The van der Waals surface area contributed by atoms with Crippen molar-refractivity contribution in [3.63, 3.8) is 0 Å². The summed E-state index contributed by atoms with van der Waals surface area (Å²) in [5.74, 6) is 0.187. The van der Waals surface area contributed by atoms with Gasteiger partial charge in [-0.2, -0.15) is 0 Å². The number of rotatable bonds is 8. The van der Waals surface area contributed by atoms with E-state index in [4.69, 9.17) is 4.74 Å². The van der Waals surface area contributed by atoms with E-state index in [-0.39, 0.29) is 0 Å². The normalized spacial score (nSPS) is 20.8. The zero-order chi connectivity index (χ0) is 18.4. The highest BCUT2D eigenvalue weighted by molar-refractivity contribution is 5.75. The first-order valence-electron chi connectivity index (χ1n) is 9.24. The molecule has 1 aliphatic heterocycles. The summed E-state index contributed by atoms with van der Waals surface area (Å²) >= 11 is 0. The first-order valence-corrected chi connectivity index (χ1v) is 9.24. The Morgan fingerprint density at radius 1 is 1.35 bits per heavy atom. The maximum absolute atomic E-state index is 11.7. The molecule has 2 aromatic rings. The second kappa shape index (κ2) is 8.36. The molecule has 2 heterocycles. The van der Waals surface area contributed by atoms with Crippen LogP contribution in [-0.2, 0) is 17.9 Å². The molecule has 1 saturated heterocycles. The van der Waals surface area contributed by atoms with Gasteiger partial charge in [0.2, 0.25) is 0 Å². The summed E-state index contributed by atoms with van der Waals surface area (Å²) in [5, 5.41) is 9.61. The molecule has 0 unspecified atom stereocenters. The third-order valence-electron chi connectivity index (χ3n) is 5.29. The van der Waals surface area contributed by atoms with Crippen LogP contribution in [0, 0.1) is 5.41 Å². The highest BCUT2D eigenvalue weighted by atomic mass is 16.5. The topological polar surface area (TPSA) is 67.6 Å². The standard InChI is InChI=1S/C20H27N3O3/c1-2-20(19(24)25)8-3-10-23(15-20)14-17-4-6-18(7-5-17)26-13-12-22-11-9-21-16-22/h4-7,9,11,16H,2-3,8,10,12-15H2,1H3,(H,24,25)/t20-/m0/s1. The van der Waals surface area contributed by atoms with E-state index in [0.717, 1.165) is 38.2 Å². The zero-order valence-electron chi connectivity index (χ0n) is 15.3. The number of piperidine rings is 1. The van der Waals surface area contributed by atoms with Crippen molar-refractivity contribution < 1.29 is 14.6 Å². The quantitative estimate of drug-likeness (QED) is 0.786. The number of hydrogen-bond donors (Lipinski definition) is 1. The summed E-state index contributed by atoms with van der Waals surface area (Å²) < 4.78 is 7.75. The highest BCUT2D eigenvalue weighted by Crippen LogP contribution is 2.34. The molecular formula is C20H27N3O3. The van der Waals surface area contributed by atoms with Gasteiger partial charge in [-0.1, -0.05) is 19.1 Å². The number of benzene rings is 1. The van der Waals surface area contributed by atoms with E-state index in [1.807, 2.05) is 29.8 Å². The SMILES string of the molecule is CC[C@]1(C(=O)O)CCCN(Cc2ccc(OCCn3ccnc3)cc2)C1. The Morgan fingerprint density at radius 2 is 2.15 bits per heavy atom. The molecule has 1 fully saturated rings. The van der Waals surface area contributed by atoms with Crippen LogP contribution in [0.25, 0.3) is 0 Å². The molecule has 1 N–H and O–H groups in total. The average molecular weight is 357 g/mol. The van der Waals surface area contributed by atoms with Crippen LogP contribution >= 0.6 is 0 Å². The van der Waals surface area contributed by atoms with E-state index in [9.17, 15) is 9.90 Å². The number of hydrogen-bond acceptors (Lipinski definition) is 4. The molecule has 3 rings (SSSR count). The van der Waals surface area contributed by atoms with E-state index in [1.54, 1.807) is 12.5 Å². The lowest BCUT2D eigenvalue weighted by atomic mass is 9.77. The molecule has 0 amide bonds. The van der Waals surface area contributed by atoms with Crippen molar-refractivity contribution in [3.05, 3.63) is 48.5 Å². The van der Waals surface area contributed by atoms with Crippen LogP contribution < -0.4 is 4.74 Å². The number of ether oxygens (including phenoxy) is 1. The van der Waals surface area contributed by atoms with Crippen LogP contribution in [0.1, 0.15) is 31.7 Å². The van der Waals surface area contributed by atoms with Gasteiger partial charge < -0.3 is 14.4 Å². The summed E-state index contributed by atoms with van der Waals surface area (Å²) in [6, 6.07) is 8.10. The van der Waals surface area contributed by atoms with Gasteiger partial charge in [0.1, 0.15) is 12.4 Å². The van der Waals surface area contributed by atoms with Crippen molar-refractivity contribution in [2.45, 2.75) is 39.3 Å². The fraction of sp³-hybridized carbons (Fsp3) is 0.500. The maximum Gasteiger partial charge on any atom is 0.310 e.